The molecule has 0 N–H and O–H groups in total. The molecule has 260 valence electrons. The van der Waals surface area contributed by atoms with Gasteiger partial charge in [-0.05, 0) is 95.1 Å². The van der Waals surface area contributed by atoms with Gasteiger partial charge in [-0.25, -0.2) is 4.98 Å². The number of fused-ring (bicyclic) bond motifs is 2. The maximum atomic E-state index is 5.35. The molecule has 10 rings (SSSR count). The molecule has 0 unspecified atom stereocenters. The van der Waals surface area contributed by atoms with Crippen molar-refractivity contribution in [1.29, 1.82) is 0 Å². The van der Waals surface area contributed by atoms with Gasteiger partial charge in [-0.15, -0.1) is 0 Å². The lowest BCUT2D eigenvalue weighted by Crippen LogP contribution is -2.37. The summed E-state index contributed by atoms with van der Waals surface area (Å²) in [7, 11) is 0. The van der Waals surface area contributed by atoms with E-state index in [1.165, 1.54) is 22.3 Å². The van der Waals surface area contributed by atoms with Crippen LogP contribution in [0.5, 0.6) is 0 Å². The topological polar surface area (TPSA) is 46.8 Å². The third-order valence-corrected chi connectivity index (χ3v) is 10.6. The van der Waals surface area contributed by atoms with Crippen molar-refractivity contribution in [3.05, 3.63) is 235 Å². The minimum atomic E-state index is -0.518. The zero-order valence-electron chi connectivity index (χ0n) is 29.9. The second-order valence-electron chi connectivity index (χ2n) is 13.6. The van der Waals surface area contributed by atoms with Gasteiger partial charge in [0.2, 0.25) is 0 Å². The molecule has 0 fully saturated rings. The average Bonchev–Trinajstić information content (AvgIpc) is 3.68. The number of imidazole rings is 1. The van der Waals surface area contributed by atoms with Crippen LogP contribution in [0.3, 0.4) is 0 Å². The van der Waals surface area contributed by atoms with E-state index in [0.717, 1.165) is 56.9 Å². The second-order valence-corrected chi connectivity index (χ2v) is 13.6. The molecule has 5 nitrogen and oxygen atoms in total. The maximum Gasteiger partial charge on any atom is 0.145 e. The van der Waals surface area contributed by atoms with Crippen LogP contribution in [-0.4, -0.2) is 19.5 Å². The van der Waals surface area contributed by atoms with Crippen molar-refractivity contribution in [2.75, 3.05) is 4.90 Å². The normalized spacial score (nSPS) is 12.8. The van der Waals surface area contributed by atoms with Gasteiger partial charge in [-0.2, -0.15) is 0 Å². The highest BCUT2D eigenvalue weighted by Gasteiger charge is 2.46. The highest BCUT2D eigenvalue weighted by Crippen LogP contribution is 2.57. The van der Waals surface area contributed by atoms with Gasteiger partial charge < -0.3 is 4.90 Å². The van der Waals surface area contributed by atoms with Crippen molar-refractivity contribution in [3.8, 4) is 39.9 Å². The quantitative estimate of drug-likeness (QED) is 0.166. The number of para-hydroxylation sites is 3. The fourth-order valence-corrected chi connectivity index (χ4v) is 8.31. The Morgan fingerprint density at radius 1 is 0.400 bits per heavy atom. The predicted molar refractivity (Wildman–Crippen MR) is 222 cm³/mol. The molecule has 0 spiro atoms. The molecule has 55 heavy (non-hydrogen) atoms. The second kappa shape index (κ2) is 13.6. The minimum absolute atomic E-state index is 0.518. The molecule has 0 aliphatic carbocycles. The molecule has 0 saturated heterocycles. The van der Waals surface area contributed by atoms with Crippen LogP contribution >= 0.6 is 0 Å². The smallest absolute Gasteiger partial charge is 0.145 e. The summed E-state index contributed by atoms with van der Waals surface area (Å²) in [6.45, 7) is 0. The van der Waals surface area contributed by atoms with Gasteiger partial charge in [0.15, 0.2) is 0 Å². The molecule has 0 bridgehead atoms. The van der Waals surface area contributed by atoms with E-state index in [1.807, 2.05) is 54.9 Å². The van der Waals surface area contributed by atoms with Crippen molar-refractivity contribution in [1.82, 2.24) is 19.5 Å². The van der Waals surface area contributed by atoms with E-state index in [9.17, 15) is 0 Å². The summed E-state index contributed by atoms with van der Waals surface area (Å²) in [6, 6.07) is 70.6. The van der Waals surface area contributed by atoms with Gasteiger partial charge in [0.05, 0.1) is 28.2 Å². The minimum Gasteiger partial charge on any atom is -0.310 e. The Morgan fingerprint density at radius 3 is 1.44 bits per heavy atom. The lowest BCUT2D eigenvalue weighted by atomic mass is 9.62. The van der Waals surface area contributed by atoms with Crippen LogP contribution in [0.2, 0.25) is 0 Å². The van der Waals surface area contributed by atoms with E-state index in [4.69, 9.17) is 15.0 Å². The molecule has 4 heterocycles. The van der Waals surface area contributed by atoms with Crippen molar-refractivity contribution >= 4 is 17.1 Å². The number of aromatic nitrogens is 4. The average molecular weight is 706 g/mol. The Bertz CT molecular complexity index is 2640. The first-order chi connectivity index (χ1) is 27.3. The number of anilines is 3. The number of rotatable bonds is 7. The molecular weight excluding hydrogens is 671 g/mol. The van der Waals surface area contributed by atoms with Crippen molar-refractivity contribution < 1.29 is 0 Å². The Balaban J connectivity index is 1.17. The van der Waals surface area contributed by atoms with Crippen molar-refractivity contribution in [2.45, 2.75) is 5.41 Å². The third kappa shape index (κ3) is 5.28. The first-order valence-corrected chi connectivity index (χ1v) is 18.5. The monoisotopic (exact) mass is 705 g/mol. The molecule has 5 heteroatoms. The third-order valence-electron chi connectivity index (χ3n) is 10.6. The Labute approximate surface area is 320 Å². The van der Waals surface area contributed by atoms with E-state index < -0.39 is 5.41 Å². The largest absolute Gasteiger partial charge is 0.310 e. The summed E-state index contributed by atoms with van der Waals surface area (Å²) in [5.74, 6) is 0.811. The van der Waals surface area contributed by atoms with Crippen LogP contribution in [0.1, 0.15) is 22.3 Å². The van der Waals surface area contributed by atoms with Gasteiger partial charge >= 0.3 is 0 Å². The molecule has 0 atom stereocenters. The zero-order chi connectivity index (χ0) is 36.6. The highest BCUT2D eigenvalue weighted by atomic mass is 15.2. The molecule has 1 aliphatic rings. The molecule has 0 amide bonds. The summed E-state index contributed by atoms with van der Waals surface area (Å²) >= 11 is 0. The molecule has 0 radical (unpaired) electrons. The molecule has 1 aliphatic heterocycles. The number of nitrogens with zero attached hydrogens (tertiary/aromatic N) is 5. The van der Waals surface area contributed by atoms with Gasteiger partial charge in [-0.3, -0.25) is 14.5 Å². The Morgan fingerprint density at radius 2 is 0.891 bits per heavy atom. The maximum absolute atomic E-state index is 5.35. The highest BCUT2D eigenvalue weighted by molar-refractivity contribution is 5.90. The van der Waals surface area contributed by atoms with E-state index in [0.29, 0.717) is 0 Å². The number of benzene rings is 6. The van der Waals surface area contributed by atoms with Crippen LogP contribution in [0.25, 0.3) is 39.9 Å². The molecule has 0 saturated carbocycles. The fraction of sp³-hybridized carbons (Fsp3) is 0.0200. The standard InChI is InChI=1S/C50H35N5/c1-4-18-37(19-5-1)50(38-20-6-2-7-21-38)41-24-10-12-28-45(41)54(46-29-13-11-25-42(46)50)40-32-30-36(31-33-40)49-53-47(43-26-14-16-34-51-43)48(44-27-15-17-35-52-44)55(49)39-22-8-3-9-23-39/h1-35H. The Kier molecular flexibility index (Phi) is 7.96. The van der Waals surface area contributed by atoms with Crippen LogP contribution in [0.4, 0.5) is 17.1 Å². The lowest BCUT2D eigenvalue weighted by molar-refractivity contribution is 0.731. The van der Waals surface area contributed by atoms with E-state index in [1.54, 1.807) is 0 Å². The predicted octanol–water partition coefficient (Wildman–Crippen LogP) is 11.8. The molecule has 3 aromatic heterocycles. The molecule has 6 aromatic carbocycles. The van der Waals surface area contributed by atoms with Crippen LogP contribution in [0.15, 0.2) is 213 Å². The van der Waals surface area contributed by atoms with Crippen LogP contribution in [0, 0.1) is 0 Å². The Hall–Kier alpha value is -7.37. The van der Waals surface area contributed by atoms with Gasteiger partial charge in [-0.1, -0.05) is 127 Å². The molecule has 9 aromatic rings. The summed E-state index contributed by atoms with van der Waals surface area (Å²) in [6.07, 6.45) is 3.64. The SMILES string of the molecule is c1ccc(-n2c(-c3ccc(N4c5ccccc5C(c5ccccc5)(c5ccccc5)c5ccccc54)cc3)nc(-c3ccccn3)c2-c2ccccn2)cc1. The number of hydrogen-bond acceptors (Lipinski definition) is 4. The summed E-state index contributed by atoms with van der Waals surface area (Å²) < 4.78 is 2.21. The van der Waals surface area contributed by atoms with Crippen molar-refractivity contribution in [3.63, 3.8) is 0 Å². The van der Waals surface area contributed by atoms with Crippen molar-refractivity contribution in [2.24, 2.45) is 0 Å². The fourth-order valence-electron chi connectivity index (χ4n) is 8.31. The molecular formula is C50H35N5. The number of hydrogen-bond donors (Lipinski definition) is 0. The van der Waals surface area contributed by atoms with Crippen LogP contribution in [-0.2, 0) is 5.41 Å². The van der Waals surface area contributed by atoms with Gasteiger partial charge in [0.25, 0.3) is 0 Å². The van der Waals surface area contributed by atoms with Gasteiger partial charge in [0.1, 0.15) is 17.2 Å². The van der Waals surface area contributed by atoms with Gasteiger partial charge in [0, 0.05) is 29.3 Å². The summed E-state index contributed by atoms with van der Waals surface area (Å²) in [5.41, 5.74) is 13.0. The lowest BCUT2D eigenvalue weighted by Gasteiger charge is -2.46. The summed E-state index contributed by atoms with van der Waals surface area (Å²) in [5, 5.41) is 0. The zero-order valence-corrected chi connectivity index (χ0v) is 29.9. The first kappa shape index (κ1) is 32.3. The van der Waals surface area contributed by atoms with E-state index in [2.05, 4.69) is 167 Å². The summed E-state index contributed by atoms with van der Waals surface area (Å²) in [4.78, 5) is 17.3. The number of pyridine rings is 2. The van der Waals surface area contributed by atoms with E-state index >= 15 is 0 Å². The first-order valence-electron chi connectivity index (χ1n) is 18.5. The van der Waals surface area contributed by atoms with Crippen LogP contribution < -0.4 is 4.90 Å². The van der Waals surface area contributed by atoms with E-state index in [-0.39, 0.29) is 0 Å².